The van der Waals surface area contributed by atoms with Crippen molar-refractivity contribution in [1.29, 1.82) is 0 Å². The van der Waals surface area contributed by atoms with Gasteiger partial charge in [-0.15, -0.1) is 0 Å². The SMILES string of the molecule is CCC(CC)c1ncc2c(n1)CC(C)(C)CC2N. The summed E-state index contributed by atoms with van der Waals surface area (Å²) in [6.07, 6.45) is 6.21. The molecule has 0 amide bonds. The van der Waals surface area contributed by atoms with Crippen LogP contribution in [0.1, 0.15) is 76.0 Å². The van der Waals surface area contributed by atoms with Crippen LogP contribution in [0.2, 0.25) is 0 Å². The van der Waals surface area contributed by atoms with E-state index in [1.165, 1.54) is 5.69 Å². The van der Waals surface area contributed by atoms with Crippen LogP contribution in [0.5, 0.6) is 0 Å². The number of hydrogen-bond acceptors (Lipinski definition) is 3. The molecule has 2 rings (SSSR count). The second kappa shape index (κ2) is 4.96. The van der Waals surface area contributed by atoms with Crippen molar-refractivity contribution >= 4 is 0 Å². The molecule has 0 fully saturated rings. The van der Waals surface area contributed by atoms with E-state index in [0.717, 1.165) is 37.1 Å². The summed E-state index contributed by atoms with van der Waals surface area (Å²) in [5, 5.41) is 0. The second-order valence-electron chi connectivity index (χ2n) is 6.30. The minimum Gasteiger partial charge on any atom is -0.324 e. The maximum Gasteiger partial charge on any atom is 0.131 e. The largest absolute Gasteiger partial charge is 0.324 e. The van der Waals surface area contributed by atoms with Crippen LogP contribution >= 0.6 is 0 Å². The molecule has 3 nitrogen and oxygen atoms in total. The van der Waals surface area contributed by atoms with Crippen molar-refractivity contribution in [1.82, 2.24) is 9.97 Å². The fourth-order valence-electron chi connectivity index (χ4n) is 2.97. The Hall–Kier alpha value is -0.960. The fourth-order valence-corrected chi connectivity index (χ4v) is 2.97. The van der Waals surface area contributed by atoms with Crippen molar-refractivity contribution in [3.8, 4) is 0 Å². The van der Waals surface area contributed by atoms with E-state index in [4.69, 9.17) is 10.7 Å². The van der Waals surface area contributed by atoms with Gasteiger partial charge >= 0.3 is 0 Å². The first-order chi connectivity index (χ1) is 8.46. The van der Waals surface area contributed by atoms with Gasteiger partial charge in [-0.2, -0.15) is 0 Å². The predicted octanol–water partition coefficient (Wildman–Crippen LogP) is 3.35. The van der Waals surface area contributed by atoms with E-state index >= 15 is 0 Å². The van der Waals surface area contributed by atoms with Gasteiger partial charge in [-0.1, -0.05) is 27.7 Å². The van der Waals surface area contributed by atoms with Crippen LogP contribution in [0.3, 0.4) is 0 Å². The first-order valence-corrected chi connectivity index (χ1v) is 7.08. The van der Waals surface area contributed by atoms with Gasteiger partial charge in [-0.05, 0) is 31.1 Å². The smallest absolute Gasteiger partial charge is 0.131 e. The summed E-state index contributed by atoms with van der Waals surface area (Å²) in [6, 6.07) is 0.0968. The van der Waals surface area contributed by atoms with Crippen LogP contribution in [-0.4, -0.2) is 9.97 Å². The zero-order chi connectivity index (χ0) is 13.3. The molecule has 0 bridgehead atoms. The Morgan fingerprint density at radius 1 is 1.39 bits per heavy atom. The average Bonchev–Trinajstić information content (AvgIpc) is 2.28. The molecule has 0 aromatic carbocycles. The minimum absolute atomic E-state index is 0.0968. The first-order valence-electron chi connectivity index (χ1n) is 7.08. The van der Waals surface area contributed by atoms with Crippen LogP contribution in [0.15, 0.2) is 6.20 Å². The number of rotatable bonds is 3. The highest BCUT2D eigenvalue weighted by atomic mass is 14.9. The number of aromatic nitrogens is 2. The third-order valence-electron chi connectivity index (χ3n) is 4.09. The van der Waals surface area contributed by atoms with Gasteiger partial charge in [0.2, 0.25) is 0 Å². The molecule has 1 aromatic rings. The topological polar surface area (TPSA) is 51.8 Å². The standard InChI is InChI=1S/C15H25N3/c1-5-10(6-2)14-17-9-11-12(16)7-15(3,4)8-13(11)18-14/h9-10,12H,5-8,16H2,1-4H3. The Morgan fingerprint density at radius 2 is 2.06 bits per heavy atom. The van der Waals surface area contributed by atoms with E-state index in [1.54, 1.807) is 0 Å². The van der Waals surface area contributed by atoms with Gasteiger partial charge in [0.1, 0.15) is 5.82 Å². The molecule has 1 aliphatic rings. The molecule has 1 unspecified atom stereocenters. The summed E-state index contributed by atoms with van der Waals surface area (Å²) in [6.45, 7) is 8.95. The van der Waals surface area contributed by atoms with Gasteiger partial charge in [0.25, 0.3) is 0 Å². The summed E-state index contributed by atoms with van der Waals surface area (Å²) in [5.41, 5.74) is 8.82. The lowest BCUT2D eigenvalue weighted by Gasteiger charge is -2.34. The summed E-state index contributed by atoms with van der Waals surface area (Å²) in [7, 11) is 0. The molecule has 0 spiro atoms. The molecular weight excluding hydrogens is 222 g/mol. The summed E-state index contributed by atoms with van der Waals surface area (Å²) in [4.78, 5) is 9.35. The van der Waals surface area contributed by atoms with E-state index < -0.39 is 0 Å². The van der Waals surface area contributed by atoms with Crippen LogP contribution in [0, 0.1) is 5.41 Å². The lowest BCUT2D eigenvalue weighted by Crippen LogP contribution is -2.31. The van der Waals surface area contributed by atoms with Crippen LogP contribution < -0.4 is 5.73 Å². The molecule has 1 aliphatic carbocycles. The van der Waals surface area contributed by atoms with Gasteiger partial charge in [0.05, 0.1) is 0 Å². The Morgan fingerprint density at radius 3 is 2.67 bits per heavy atom. The predicted molar refractivity (Wildman–Crippen MR) is 74.4 cm³/mol. The molecule has 3 heteroatoms. The number of hydrogen-bond donors (Lipinski definition) is 1. The molecular formula is C15H25N3. The van der Waals surface area contributed by atoms with Gasteiger partial charge in [-0.3, -0.25) is 0 Å². The summed E-state index contributed by atoms with van der Waals surface area (Å²) in [5.74, 6) is 1.49. The maximum absolute atomic E-state index is 6.23. The first kappa shape index (κ1) is 13.5. The minimum atomic E-state index is 0.0968. The van der Waals surface area contributed by atoms with Crippen molar-refractivity contribution in [2.75, 3.05) is 0 Å². The van der Waals surface area contributed by atoms with Crippen molar-refractivity contribution < 1.29 is 0 Å². The van der Waals surface area contributed by atoms with Crippen LogP contribution in [-0.2, 0) is 6.42 Å². The van der Waals surface area contributed by atoms with E-state index in [2.05, 4.69) is 32.7 Å². The van der Waals surface area contributed by atoms with E-state index in [0.29, 0.717) is 5.92 Å². The van der Waals surface area contributed by atoms with Gasteiger partial charge in [-0.25, -0.2) is 9.97 Å². The van der Waals surface area contributed by atoms with Crippen LogP contribution in [0.25, 0.3) is 0 Å². The molecule has 100 valence electrons. The Bertz CT molecular complexity index is 422. The van der Waals surface area contributed by atoms with Gasteiger partial charge < -0.3 is 5.73 Å². The highest BCUT2D eigenvalue weighted by Crippen LogP contribution is 2.38. The highest BCUT2D eigenvalue weighted by Gasteiger charge is 2.32. The monoisotopic (exact) mass is 247 g/mol. The van der Waals surface area contributed by atoms with E-state index in [1.807, 2.05) is 6.20 Å². The Balaban J connectivity index is 2.37. The quantitative estimate of drug-likeness (QED) is 0.891. The fraction of sp³-hybridized carbons (Fsp3) is 0.733. The van der Waals surface area contributed by atoms with Gasteiger partial charge in [0.15, 0.2) is 0 Å². The molecule has 1 aromatic heterocycles. The highest BCUT2D eigenvalue weighted by molar-refractivity contribution is 5.26. The molecule has 1 atom stereocenters. The normalized spacial score (nSPS) is 22.0. The molecule has 0 saturated heterocycles. The van der Waals surface area contributed by atoms with Crippen LogP contribution in [0.4, 0.5) is 0 Å². The zero-order valence-electron chi connectivity index (χ0n) is 12.0. The van der Waals surface area contributed by atoms with E-state index in [-0.39, 0.29) is 11.5 Å². The Labute approximate surface area is 110 Å². The van der Waals surface area contributed by atoms with Crippen molar-refractivity contribution in [3.05, 3.63) is 23.3 Å². The van der Waals surface area contributed by atoms with Crippen molar-refractivity contribution in [3.63, 3.8) is 0 Å². The molecule has 18 heavy (non-hydrogen) atoms. The third-order valence-corrected chi connectivity index (χ3v) is 4.09. The molecule has 2 N–H and O–H groups in total. The Kier molecular flexibility index (Phi) is 3.71. The number of fused-ring (bicyclic) bond motifs is 1. The van der Waals surface area contributed by atoms with Crippen molar-refractivity contribution in [2.45, 2.75) is 65.3 Å². The van der Waals surface area contributed by atoms with Crippen molar-refractivity contribution in [2.24, 2.45) is 11.1 Å². The molecule has 0 saturated carbocycles. The van der Waals surface area contributed by atoms with E-state index in [9.17, 15) is 0 Å². The molecule has 0 radical (unpaired) electrons. The third kappa shape index (κ3) is 2.56. The number of nitrogens with zero attached hydrogens (tertiary/aromatic N) is 2. The average molecular weight is 247 g/mol. The number of nitrogens with two attached hydrogens (primary N) is 1. The maximum atomic E-state index is 6.23. The second-order valence-corrected chi connectivity index (χ2v) is 6.30. The molecule has 1 heterocycles. The summed E-state index contributed by atoms with van der Waals surface area (Å²) >= 11 is 0. The van der Waals surface area contributed by atoms with Gasteiger partial charge in [0, 0.05) is 29.4 Å². The lowest BCUT2D eigenvalue weighted by molar-refractivity contribution is 0.277. The summed E-state index contributed by atoms with van der Waals surface area (Å²) < 4.78 is 0. The molecule has 0 aliphatic heterocycles. The lowest BCUT2D eigenvalue weighted by atomic mass is 9.74. The zero-order valence-corrected chi connectivity index (χ0v) is 12.0.